The molecule has 4 nitrogen and oxygen atoms in total. The lowest BCUT2D eigenvalue weighted by molar-refractivity contribution is -0.125. The van der Waals surface area contributed by atoms with Crippen molar-refractivity contribution in [3.8, 4) is 5.75 Å². The second-order valence-corrected chi connectivity index (χ2v) is 8.14. The molecule has 4 rings (SSSR count). The second kappa shape index (κ2) is 6.46. The predicted molar refractivity (Wildman–Crippen MR) is 97.8 cm³/mol. The zero-order valence-corrected chi connectivity index (χ0v) is 15.1. The minimum Gasteiger partial charge on any atom is -0.497 e. The molecule has 0 aliphatic heterocycles. The van der Waals surface area contributed by atoms with E-state index in [1.165, 1.54) is 4.88 Å². The molecule has 1 amide bonds. The minimum atomic E-state index is -0.399. The summed E-state index contributed by atoms with van der Waals surface area (Å²) in [6, 6.07) is 11.9. The Morgan fingerprint density at radius 1 is 1.28 bits per heavy atom. The number of rotatable bonds is 6. The van der Waals surface area contributed by atoms with Crippen LogP contribution < -0.4 is 10.1 Å². The fraction of sp³-hybridized carbons (Fsp3) is 0.450. The molecule has 1 aromatic heterocycles. The largest absolute Gasteiger partial charge is 0.497 e. The number of aliphatic hydroxyl groups excluding tert-OH is 1. The summed E-state index contributed by atoms with van der Waals surface area (Å²) in [5.74, 6) is 1.24. The van der Waals surface area contributed by atoms with Gasteiger partial charge in [0.2, 0.25) is 5.91 Å². The van der Waals surface area contributed by atoms with E-state index in [1.54, 1.807) is 18.4 Å². The normalized spacial score (nSPS) is 24.9. The first kappa shape index (κ1) is 16.6. The summed E-state index contributed by atoms with van der Waals surface area (Å²) in [5, 5.41) is 15.0. The monoisotopic (exact) mass is 357 g/mol. The average molecular weight is 357 g/mol. The first-order valence-corrected chi connectivity index (χ1v) is 9.67. The molecule has 5 heteroatoms. The highest BCUT2D eigenvalue weighted by Gasteiger charge is 2.52. The number of thiophene rings is 1. The van der Waals surface area contributed by atoms with Gasteiger partial charge < -0.3 is 15.2 Å². The Bertz CT molecular complexity index is 731. The van der Waals surface area contributed by atoms with E-state index in [9.17, 15) is 9.90 Å². The lowest BCUT2D eigenvalue weighted by Crippen LogP contribution is -2.44. The Kier molecular flexibility index (Phi) is 4.29. The van der Waals surface area contributed by atoms with Crippen LogP contribution >= 0.6 is 11.3 Å². The fourth-order valence-corrected chi connectivity index (χ4v) is 4.62. The zero-order valence-electron chi connectivity index (χ0n) is 14.3. The van der Waals surface area contributed by atoms with Gasteiger partial charge in [0, 0.05) is 4.88 Å². The van der Waals surface area contributed by atoms with Crippen LogP contribution in [0.3, 0.4) is 0 Å². The Labute approximate surface area is 151 Å². The average Bonchev–Trinajstić information content (AvgIpc) is 3.25. The molecule has 25 heavy (non-hydrogen) atoms. The number of carbonyl (C=O) groups excluding carboxylic acids is 1. The van der Waals surface area contributed by atoms with Gasteiger partial charge in [-0.2, -0.15) is 0 Å². The molecule has 1 aromatic carbocycles. The summed E-state index contributed by atoms with van der Waals surface area (Å²) < 4.78 is 5.22. The number of aliphatic hydroxyl groups is 1. The molecule has 0 spiro atoms. The van der Waals surface area contributed by atoms with E-state index in [2.05, 4.69) is 11.4 Å². The number of hydrogen-bond acceptors (Lipinski definition) is 4. The third kappa shape index (κ3) is 3.07. The van der Waals surface area contributed by atoms with Gasteiger partial charge in [0.15, 0.2) is 0 Å². The summed E-state index contributed by atoms with van der Waals surface area (Å²) >= 11 is 1.67. The maximum atomic E-state index is 13.1. The molecule has 0 bridgehead atoms. The third-order valence-electron chi connectivity index (χ3n) is 5.58. The predicted octanol–water partition coefficient (Wildman–Crippen LogP) is 3.42. The lowest BCUT2D eigenvalue weighted by atomic mass is 9.76. The number of hydrogen-bond donors (Lipinski definition) is 2. The van der Waals surface area contributed by atoms with Crippen LogP contribution in [-0.4, -0.2) is 24.2 Å². The van der Waals surface area contributed by atoms with E-state index in [-0.39, 0.29) is 18.1 Å². The molecule has 2 aromatic rings. The van der Waals surface area contributed by atoms with Crippen molar-refractivity contribution >= 4 is 17.2 Å². The van der Waals surface area contributed by atoms with Crippen molar-refractivity contribution in [3.63, 3.8) is 0 Å². The first-order chi connectivity index (χ1) is 12.1. The summed E-state index contributed by atoms with van der Waals surface area (Å²) in [6.45, 7) is 0. The van der Waals surface area contributed by atoms with Crippen molar-refractivity contribution in [2.75, 3.05) is 7.11 Å². The molecular formula is C20H23NO3S. The lowest BCUT2D eigenvalue weighted by Gasteiger charge is -2.38. The van der Waals surface area contributed by atoms with Gasteiger partial charge in [-0.15, -0.1) is 11.3 Å². The molecule has 2 saturated carbocycles. The maximum Gasteiger partial charge on any atom is 0.231 e. The van der Waals surface area contributed by atoms with Gasteiger partial charge in [0.05, 0.1) is 24.7 Å². The highest BCUT2D eigenvalue weighted by Crippen LogP contribution is 2.50. The SMILES string of the molecule is COc1ccc(C2(C(=O)NC(c3cccs3)C3CC(O)C3)CC2)cc1. The summed E-state index contributed by atoms with van der Waals surface area (Å²) in [4.78, 5) is 14.3. The van der Waals surface area contributed by atoms with Crippen LogP contribution in [0.15, 0.2) is 41.8 Å². The van der Waals surface area contributed by atoms with Crippen molar-refractivity contribution in [2.24, 2.45) is 5.92 Å². The number of nitrogens with one attached hydrogen (secondary N) is 1. The van der Waals surface area contributed by atoms with Gasteiger partial charge >= 0.3 is 0 Å². The molecule has 1 unspecified atom stereocenters. The molecule has 2 N–H and O–H groups in total. The number of carbonyl (C=O) groups is 1. The van der Waals surface area contributed by atoms with Crippen LogP contribution in [0.5, 0.6) is 5.75 Å². The highest BCUT2D eigenvalue weighted by atomic mass is 32.1. The van der Waals surface area contributed by atoms with Crippen LogP contribution in [0.1, 0.15) is 42.2 Å². The van der Waals surface area contributed by atoms with Crippen LogP contribution in [0.25, 0.3) is 0 Å². The van der Waals surface area contributed by atoms with Gasteiger partial charge in [-0.1, -0.05) is 18.2 Å². The topological polar surface area (TPSA) is 58.6 Å². The second-order valence-electron chi connectivity index (χ2n) is 7.16. The number of amides is 1. The molecule has 2 aliphatic rings. The Morgan fingerprint density at radius 3 is 2.52 bits per heavy atom. The molecular weight excluding hydrogens is 334 g/mol. The molecule has 132 valence electrons. The van der Waals surface area contributed by atoms with Crippen LogP contribution in [-0.2, 0) is 10.2 Å². The van der Waals surface area contributed by atoms with E-state index in [4.69, 9.17) is 4.74 Å². The van der Waals surface area contributed by atoms with Gasteiger partial charge in [-0.05, 0) is 60.7 Å². The molecule has 1 atom stereocenters. The summed E-state index contributed by atoms with van der Waals surface area (Å²) in [5.41, 5.74) is 0.661. The van der Waals surface area contributed by atoms with Gasteiger partial charge in [-0.25, -0.2) is 0 Å². The molecule has 2 fully saturated rings. The van der Waals surface area contributed by atoms with E-state index in [1.807, 2.05) is 35.7 Å². The zero-order chi connectivity index (χ0) is 17.4. The van der Waals surface area contributed by atoms with Crippen molar-refractivity contribution in [1.29, 1.82) is 0 Å². The molecule has 0 saturated heterocycles. The van der Waals surface area contributed by atoms with Crippen LogP contribution in [0.4, 0.5) is 0 Å². The Morgan fingerprint density at radius 2 is 2.00 bits per heavy atom. The van der Waals surface area contributed by atoms with Gasteiger partial charge in [0.1, 0.15) is 5.75 Å². The maximum absolute atomic E-state index is 13.1. The molecule has 1 heterocycles. The van der Waals surface area contributed by atoms with Crippen molar-refractivity contribution in [2.45, 2.75) is 43.2 Å². The third-order valence-corrected chi connectivity index (χ3v) is 6.54. The Balaban J connectivity index is 1.52. The smallest absolute Gasteiger partial charge is 0.231 e. The van der Waals surface area contributed by atoms with Crippen molar-refractivity contribution < 1.29 is 14.6 Å². The standard InChI is InChI=1S/C20H23NO3S/c1-24-16-6-4-14(5-7-16)20(8-9-20)19(23)21-18(13-11-15(22)12-13)17-3-2-10-25-17/h2-7,10,13,15,18,22H,8-9,11-12H2,1H3,(H,21,23). The number of methoxy groups -OCH3 is 1. The highest BCUT2D eigenvalue weighted by molar-refractivity contribution is 7.10. The quantitative estimate of drug-likeness (QED) is 0.833. The van der Waals surface area contributed by atoms with Crippen molar-refractivity contribution in [3.05, 3.63) is 52.2 Å². The molecule has 0 radical (unpaired) electrons. The van der Waals surface area contributed by atoms with E-state index >= 15 is 0 Å². The summed E-state index contributed by atoms with van der Waals surface area (Å²) in [7, 11) is 1.65. The Hall–Kier alpha value is -1.85. The molecule has 2 aliphatic carbocycles. The number of benzene rings is 1. The van der Waals surface area contributed by atoms with Crippen molar-refractivity contribution in [1.82, 2.24) is 5.32 Å². The van der Waals surface area contributed by atoms with E-state index < -0.39 is 5.41 Å². The summed E-state index contributed by atoms with van der Waals surface area (Å²) in [6.07, 6.45) is 3.07. The minimum absolute atomic E-state index is 0.00613. The van der Waals surface area contributed by atoms with Crippen LogP contribution in [0.2, 0.25) is 0 Å². The number of ether oxygens (including phenoxy) is 1. The fourth-order valence-electron chi connectivity index (χ4n) is 3.75. The van der Waals surface area contributed by atoms with Gasteiger partial charge in [0.25, 0.3) is 0 Å². The van der Waals surface area contributed by atoms with E-state index in [0.29, 0.717) is 5.92 Å². The van der Waals surface area contributed by atoms with Crippen LogP contribution in [0, 0.1) is 5.92 Å². The van der Waals surface area contributed by atoms with Gasteiger partial charge in [-0.3, -0.25) is 4.79 Å². The first-order valence-electron chi connectivity index (χ1n) is 8.79. The van der Waals surface area contributed by atoms with E-state index in [0.717, 1.165) is 37.0 Å².